The van der Waals surface area contributed by atoms with Crippen LogP contribution in [0.2, 0.25) is 0 Å². The van der Waals surface area contributed by atoms with Gasteiger partial charge in [-0.2, -0.15) is 5.10 Å². The summed E-state index contributed by atoms with van der Waals surface area (Å²) >= 11 is 0. The fourth-order valence-corrected chi connectivity index (χ4v) is 3.83. The Balaban J connectivity index is 1.68. The summed E-state index contributed by atoms with van der Waals surface area (Å²) in [5.41, 5.74) is 0.670. The molecule has 172 valence electrons. The van der Waals surface area contributed by atoms with Gasteiger partial charge in [0.2, 0.25) is 0 Å². The van der Waals surface area contributed by atoms with Crippen LogP contribution in [0.15, 0.2) is 61.3 Å². The summed E-state index contributed by atoms with van der Waals surface area (Å²) in [5.74, 6) is -2.11. The third-order valence-corrected chi connectivity index (χ3v) is 5.73. The number of nitrogens with zero attached hydrogens (tertiary/aromatic N) is 6. The number of halogens is 2. The van der Waals surface area contributed by atoms with Gasteiger partial charge < -0.3 is 9.84 Å². The molecular formula is C23H24F2N6O2. The fourth-order valence-electron chi connectivity index (χ4n) is 3.83. The summed E-state index contributed by atoms with van der Waals surface area (Å²) in [4.78, 5) is 3.90. The second kappa shape index (κ2) is 9.55. The van der Waals surface area contributed by atoms with Crippen LogP contribution in [0.3, 0.4) is 0 Å². The van der Waals surface area contributed by atoms with Gasteiger partial charge in [0.25, 0.3) is 0 Å². The number of rotatable bonds is 9. The van der Waals surface area contributed by atoms with Crippen LogP contribution in [-0.4, -0.2) is 41.5 Å². The zero-order valence-electron chi connectivity index (χ0n) is 18.3. The smallest absolute Gasteiger partial charge is 0.141 e. The summed E-state index contributed by atoms with van der Waals surface area (Å²) in [5, 5.41) is 23.8. The molecule has 4 rings (SSSR count). The molecule has 10 heteroatoms. The van der Waals surface area contributed by atoms with Gasteiger partial charge in [-0.05, 0) is 18.6 Å². The average molecular weight is 454 g/mol. The second-order valence-electron chi connectivity index (χ2n) is 7.73. The SMILES string of the molecule is CCOCn1nncc1-c1ccc(C(C)C(O)(Cn2cncn2)c2ccc(F)cc2F)cc1. The molecule has 0 aliphatic rings. The fraction of sp³-hybridized carbons (Fsp3) is 0.304. The minimum absolute atomic E-state index is 0.0185. The van der Waals surface area contributed by atoms with Gasteiger partial charge in [0.05, 0.1) is 18.4 Å². The minimum atomic E-state index is -1.72. The van der Waals surface area contributed by atoms with E-state index in [-0.39, 0.29) is 18.8 Å². The highest BCUT2D eigenvalue weighted by Gasteiger charge is 2.40. The van der Waals surface area contributed by atoms with Crippen molar-refractivity contribution >= 4 is 0 Å². The zero-order chi connectivity index (χ0) is 23.4. The van der Waals surface area contributed by atoms with Crippen molar-refractivity contribution in [3.63, 3.8) is 0 Å². The van der Waals surface area contributed by atoms with Gasteiger partial charge in [0.15, 0.2) is 0 Å². The van der Waals surface area contributed by atoms with Crippen molar-refractivity contribution in [3.05, 3.63) is 84.1 Å². The van der Waals surface area contributed by atoms with Gasteiger partial charge in [-0.1, -0.05) is 42.5 Å². The normalized spacial score (nSPS) is 14.2. The molecule has 0 spiro atoms. The molecule has 0 aliphatic heterocycles. The molecule has 0 bridgehead atoms. The van der Waals surface area contributed by atoms with Gasteiger partial charge in [0, 0.05) is 29.7 Å². The number of aliphatic hydroxyl groups is 1. The summed E-state index contributed by atoms with van der Waals surface area (Å²) in [6.07, 6.45) is 4.42. The van der Waals surface area contributed by atoms with Crippen molar-refractivity contribution in [2.24, 2.45) is 0 Å². The third kappa shape index (κ3) is 4.67. The van der Waals surface area contributed by atoms with Crippen molar-refractivity contribution in [3.8, 4) is 11.3 Å². The Labute approximate surface area is 189 Å². The molecule has 2 atom stereocenters. The van der Waals surface area contributed by atoms with E-state index < -0.39 is 23.2 Å². The van der Waals surface area contributed by atoms with Crippen LogP contribution in [0, 0.1) is 11.6 Å². The summed E-state index contributed by atoms with van der Waals surface area (Å²) < 4.78 is 36.8. The maximum atomic E-state index is 14.8. The van der Waals surface area contributed by atoms with Crippen LogP contribution in [-0.2, 0) is 23.6 Å². The van der Waals surface area contributed by atoms with E-state index in [9.17, 15) is 13.9 Å². The number of aromatic nitrogens is 6. The van der Waals surface area contributed by atoms with Gasteiger partial charge in [0.1, 0.15) is 36.6 Å². The lowest BCUT2D eigenvalue weighted by Gasteiger charge is -2.35. The van der Waals surface area contributed by atoms with Crippen LogP contribution in [0.4, 0.5) is 8.78 Å². The van der Waals surface area contributed by atoms with E-state index in [0.717, 1.165) is 29.0 Å². The zero-order valence-corrected chi connectivity index (χ0v) is 18.3. The van der Waals surface area contributed by atoms with Crippen molar-refractivity contribution in [1.82, 2.24) is 29.8 Å². The Morgan fingerprint density at radius 3 is 2.61 bits per heavy atom. The highest BCUT2D eigenvalue weighted by atomic mass is 19.1. The van der Waals surface area contributed by atoms with Gasteiger partial charge in [-0.3, -0.25) is 0 Å². The van der Waals surface area contributed by atoms with E-state index in [2.05, 4.69) is 20.4 Å². The predicted octanol–water partition coefficient (Wildman–Crippen LogP) is 3.50. The number of ether oxygens (including phenoxy) is 1. The number of hydrogen-bond acceptors (Lipinski definition) is 6. The lowest BCUT2D eigenvalue weighted by Crippen LogP contribution is -2.38. The third-order valence-electron chi connectivity index (χ3n) is 5.73. The quantitative estimate of drug-likeness (QED) is 0.416. The molecule has 2 unspecified atom stereocenters. The molecule has 4 aromatic rings. The Morgan fingerprint density at radius 1 is 1.15 bits per heavy atom. The minimum Gasteiger partial charge on any atom is -0.382 e. The first-order valence-corrected chi connectivity index (χ1v) is 10.5. The van der Waals surface area contributed by atoms with E-state index in [1.165, 1.54) is 23.4 Å². The predicted molar refractivity (Wildman–Crippen MR) is 116 cm³/mol. The Bertz CT molecular complexity index is 1200. The maximum Gasteiger partial charge on any atom is 0.141 e. The van der Waals surface area contributed by atoms with E-state index in [0.29, 0.717) is 6.61 Å². The van der Waals surface area contributed by atoms with Crippen molar-refractivity contribution < 1.29 is 18.6 Å². The second-order valence-corrected chi connectivity index (χ2v) is 7.73. The molecule has 0 saturated carbocycles. The average Bonchev–Trinajstić information content (AvgIpc) is 3.49. The maximum absolute atomic E-state index is 14.8. The topological polar surface area (TPSA) is 90.9 Å². The van der Waals surface area contributed by atoms with Crippen LogP contribution >= 0.6 is 0 Å². The van der Waals surface area contributed by atoms with Crippen molar-refractivity contribution in [1.29, 1.82) is 0 Å². The first-order chi connectivity index (χ1) is 15.9. The number of benzene rings is 2. The van der Waals surface area contributed by atoms with Crippen molar-refractivity contribution in [2.45, 2.75) is 38.6 Å². The molecule has 0 radical (unpaired) electrons. The van der Waals surface area contributed by atoms with Crippen LogP contribution in [0.1, 0.15) is 30.9 Å². The molecule has 1 N–H and O–H groups in total. The summed E-state index contributed by atoms with van der Waals surface area (Å²) in [6.45, 7) is 4.46. The summed E-state index contributed by atoms with van der Waals surface area (Å²) in [7, 11) is 0. The number of hydrogen-bond donors (Lipinski definition) is 1. The molecule has 2 aromatic carbocycles. The molecule has 0 fully saturated rings. The van der Waals surface area contributed by atoms with Crippen LogP contribution in [0.25, 0.3) is 11.3 Å². The molecule has 8 nitrogen and oxygen atoms in total. The van der Waals surface area contributed by atoms with Crippen LogP contribution < -0.4 is 0 Å². The van der Waals surface area contributed by atoms with Crippen LogP contribution in [0.5, 0.6) is 0 Å². The lowest BCUT2D eigenvalue weighted by molar-refractivity contribution is -0.0112. The highest BCUT2D eigenvalue weighted by Crippen LogP contribution is 2.40. The van der Waals surface area contributed by atoms with Gasteiger partial charge >= 0.3 is 0 Å². The Morgan fingerprint density at radius 2 is 1.94 bits per heavy atom. The van der Waals surface area contributed by atoms with E-state index in [1.54, 1.807) is 17.8 Å². The standard InChI is InChI=1S/C23H24F2N6O2/c1-3-33-15-31-22(11-27-29-31)18-6-4-17(5-7-18)16(2)23(32,12-30-14-26-13-28-30)20-9-8-19(24)10-21(20)25/h4-11,13-14,16,32H,3,12,15H2,1-2H3. The van der Waals surface area contributed by atoms with E-state index in [4.69, 9.17) is 4.74 Å². The molecule has 0 saturated heterocycles. The van der Waals surface area contributed by atoms with Gasteiger partial charge in [-0.15, -0.1) is 5.10 Å². The van der Waals surface area contributed by atoms with Gasteiger partial charge in [-0.25, -0.2) is 23.1 Å². The largest absolute Gasteiger partial charge is 0.382 e. The Hall–Kier alpha value is -3.50. The summed E-state index contributed by atoms with van der Waals surface area (Å²) in [6, 6.07) is 10.6. The monoisotopic (exact) mass is 454 g/mol. The van der Waals surface area contributed by atoms with Crippen molar-refractivity contribution in [2.75, 3.05) is 6.61 Å². The molecule has 2 heterocycles. The lowest BCUT2D eigenvalue weighted by atomic mass is 9.77. The first-order valence-electron chi connectivity index (χ1n) is 10.5. The van der Waals surface area contributed by atoms with E-state index in [1.807, 2.05) is 31.2 Å². The molecule has 33 heavy (non-hydrogen) atoms. The highest BCUT2D eigenvalue weighted by molar-refractivity contribution is 5.59. The Kier molecular flexibility index (Phi) is 6.57. The molecule has 0 aliphatic carbocycles. The molecular weight excluding hydrogens is 430 g/mol. The molecule has 2 aromatic heterocycles. The molecule has 0 amide bonds. The first kappa shape index (κ1) is 22.7. The van der Waals surface area contributed by atoms with E-state index >= 15 is 0 Å².